The fourth-order valence-corrected chi connectivity index (χ4v) is 2.60. The molecule has 2 N–H and O–H groups in total. The molecule has 2 amide bonds. The maximum Gasteiger partial charge on any atom is 0.277 e. The molecule has 0 spiro atoms. The maximum absolute atomic E-state index is 12.5. The predicted molar refractivity (Wildman–Crippen MR) is 109 cm³/mol. The van der Waals surface area contributed by atoms with Crippen LogP contribution < -0.4 is 10.6 Å². The minimum absolute atomic E-state index is 0.245. The first-order valence-corrected chi connectivity index (χ1v) is 8.55. The zero-order valence-corrected chi connectivity index (χ0v) is 15.3. The Kier molecular flexibility index (Phi) is 5.78. The van der Waals surface area contributed by atoms with Gasteiger partial charge in [0, 0.05) is 29.1 Å². The normalized spacial score (nSPS) is 10.1. The number of non-ortho nitro benzene ring substituents is 2. The third-order valence-electron chi connectivity index (χ3n) is 4.00. The lowest BCUT2D eigenvalue weighted by Crippen LogP contribution is -2.15. The molecule has 0 atom stereocenters. The number of carbonyl (C=O) groups excluding carboxylic acids is 2. The summed E-state index contributed by atoms with van der Waals surface area (Å²) in [7, 11) is 0. The van der Waals surface area contributed by atoms with Crippen LogP contribution in [0.5, 0.6) is 0 Å². The van der Waals surface area contributed by atoms with Gasteiger partial charge in [0.2, 0.25) is 0 Å². The van der Waals surface area contributed by atoms with E-state index in [0.717, 1.165) is 18.2 Å². The summed E-state index contributed by atoms with van der Waals surface area (Å²) in [5, 5.41) is 27.2. The van der Waals surface area contributed by atoms with Crippen LogP contribution in [0.2, 0.25) is 0 Å². The number of para-hydroxylation sites is 1. The van der Waals surface area contributed by atoms with E-state index in [9.17, 15) is 29.8 Å². The highest BCUT2D eigenvalue weighted by Crippen LogP contribution is 2.23. The van der Waals surface area contributed by atoms with E-state index in [1.165, 1.54) is 12.1 Å². The van der Waals surface area contributed by atoms with Crippen molar-refractivity contribution in [2.75, 3.05) is 10.6 Å². The first kappa shape index (κ1) is 20.1. The smallest absolute Gasteiger partial charge is 0.277 e. The van der Waals surface area contributed by atoms with Gasteiger partial charge in [-0.3, -0.25) is 29.8 Å². The average molecular weight is 406 g/mol. The maximum atomic E-state index is 12.5. The van der Waals surface area contributed by atoms with Gasteiger partial charge in [0.1, 0.15) is 0 Å². The van der Waals surface area contributed by atoms with Gasteiger partial charge in [-0.25, -0.2) is 0 Å². The van der Waals surface area contributed by atoms with Crippen molar-refractivity contribution in [3.63, 3.8) is 0 Å². The molecule has 3 aromatic rings. The minimum Gasteiger partial charge on any atom is -0.322 e. The Bertz CT molecular complexity index is 1110. The quantitative estimate of drug-likeness (QED) is 0.467. The van der Waals surface area contributed by atoms with Crippen molar-refractivity contribution in [1.82, 2.24) is 0 Å². The van der Waals surface area contributed by atoms with Crippen molar-refractivity contribution in [3.8, 4) is 0 Å². The number of amides is 2. The van der Waals surface area contributed by atoms with Crippen LogP contribution in [0.25, 0.3) is 0 Å². The molecule has 3 rings (SSSR count). The Morgan fingerprint density at radius 2 is 1.17 bits per heavy atom. The first-order valence-electron chi connectivity index (χ1n) is 8.55. The minimum atomic E-state index is -0.821. The van der Waals surface area contributed by atoms with Gasteiger partial charge in [0.15, 0.2) is 0 Å². The summed E-state index contributed by atoms with van der Waals surface area (Å²) < 4.78 is 0. The topological polar surface area (TPSA) is 144 Å². The van der Waals surface area contributed by atoms with Gasteiger partial charge in [0.25, 0.3) is 23.2 Å². The first-order chi connectivity index (χ1) is 14.3. The molecule has 150 valence electrons. The SMILES string of the molecule is O=C(Nc1ccccc1)c1cccc(NC(=O)c2cc([N+](=O)[O-])cc([N+](=O)[O-])c2)c1. The molecular formula is C20H14N4O6. The third-order valence-corrected chi connectivity index (χ3v) is 4.00. The van der Waals surface area contributed by atoms with Crippen LogP contribution in [-0.4, -0.2) is 21.7 Å². The number of anilines is 2. The molecule has 30 heavy (non-hydrogen) atoms. The van der Waals surface area contributed by atoms with E-state index in [0.29, 0.717) is 5.69 Å². The highest BCUT2D eigenvalue weighted by Gasteiger charge is 2.20. The van der Waals surface area contributed by atoms with Gasteiger partial charge in [0.05, 0.1) is 21.5 Å². The van der Waals surface area contributed by atoms with Crippen molar-refractivity contribution in [1.29, 1.82) is 0 Å². The van der Waals surface area contributed by atoms with Crippen LogP contribution in [0, 0.1) is 20.2 Å². The van der Waals surface area contributed by atoms with E-state index < -0.39 is 33.0 Å². The number of hydrogen-bond acceptors (Lipinski definition) is 6. The molecule has 0 saturated heterocycles. The van der Waals surface area contributed by atoms with Gasteiger partial charge in [-0.05, 0) is 30.3 Å². The molecule has 0 unspecified atom stereocenters. The Balaban J connectivity index is 1.81. The van der Waals surface area contributed by atoms with Crippen molar-refractivity contribution in [2.24, 2.45) is 0 Å². The molecular weight excluding hydrogens is 392 g/mol. The third kappa shape index (κ3) is 4.81. The standard InChI is InChI=1S/C20H14N4O6/c25-19(21-15-6-2-1-3-7-15)13-5-4-8-16(9-13)22-20(26)14-10-17(23(27)28)12-18(11-14)24(29)30/h1-12H,(H,21,25)(H,22,26). The van der Waals surface area contributed by atoms with E-state index >= 15 is 0 Å². The van der Waals surface area contributed by atoms with Crippen molar-refractivity contribution in [3.05, 3.63) is 104 Å². The zero-order chi connectivity index (χ0) is 21.7. The van der Waals surface area contributed by atoms with Crippen LogP contribution in [0.15, 0.2) is 72.8 Å². The van der Waals surface area contributed by atoms with Crippen molar-refractivity contribution < 1.29 is 19.4 Å². The molecule has 0 aromatic heterocycles. The summed E-state index contributed by atoms with van der Waals surface area (Å²) in [5.74, 6) is -1.19. The number of nitrogens with one attached hydrogen (secondary N) is 2. The second kappa shape index (κ2) is 8.61. The Labute approximate surface area is 169 Å². The van der Waals surface area contributed by atoms with E-state index in [2.05, 4.69) is 10.6 Å². The Morgan fingerprint density at radius 1 is 0.633 bits per heavy atom. The number of benzene rings is 3. The second-order valence-corrected chi connectivity index (χ2v) is 6.11. The van der Waals surface area contributed by atoms with Crippen LogP contribution in [0.1, 0.15) is 20.7 Å². The number of hydrogen-bond donors (Lipinski definition) is 2. The summed E-state index contributed by atoms with van der Waals surface area (Å²) in [6.45, 7) is 0. The summed E-state index contributed by atoms with van der Waals surface area (Å²) in [5.41, 5.74) is -0.303. The number of nitro benzene ring substituents is 2. The highest BCUT2D eigenvalue weighted by molar-refractivity contribution is 6.07. The largest absolute Gasteiger partial charge is 0.322 e. The number of nitro groups is 2. The molecule has 0 heterocycles. The Hall–Kier alpha value is -4.60. The van der Waals surface area contributed by atoms with E-state index in [-0.39, 0.29) is 16.8 Å². The molecule has 0 radical (unpaired) electrons. The molecule has 0 fully saturated rings. The lowest BCUT2D eigenvalue weighted by molar-refractivity contribution is -0.394. The lowest BCUT2D eigenvalue weighted by Gasteiger charge is -2.09. The van der Waals surface area contributed by atoms with Crippen molar-refractivity contribution in [2.45, 2.75) is 0 Å². The molecule has 0 bridgehead atoms. The monoisotopic (exact) mass is 406 g/mol. The number of rotatable bonds is 6. The van der Waals surface area contributed by atoms with E-state index in [4.69, 9.17) is 0 Å². The molecule has 10 heteroatoms. The average Bonchev–Trinajstić information content (AvgIpc) is 2.74. The van der Waals surface area contributed by atoms with Crippen LogP contribution in [-0.2, 0) is 0 Å². The Morgan fingerprint density at radius 3 is 1.77 bits per heavy atom. The van der Waals surface area contributed by atoms with Crippen LogP contribution in [0.4, 0.5) is 22.7 Å². The van der Waals surface area contributed by atoms with E-state index in [1.807, 2.05) is 6.07 Å². The summed E-state index contributed by atoms with van der Waals surface area (Å²) in [6.07, 6.45) is 0. The van der Waals surface area contributed by atoms with E-state index in [1.54, 1.807) is 36.4 Å². The highest BCUT2D eigenvalue weighted by atomic mass is 16.6. The van der Waals surface area contributed by atoms with Gasteiger partial charge in [-0.15, -0.1) is 0 Å². The van der Waals surface area contributed by atoms with Gasteiger partial charge >= 0.3 is 0 Å². The molecule has 0 aliphatic heterocycles. The lowest BCUT2D eigenvalue weighted by atomic mass is 10.1. The van der Waals surface area contributed by atoms with Gasteiger partial charge in [-0.1, -0.05) is 24.3 Å². The second-order valence-electron chi connectivity index (χ2n) is 6.11. The zero-order valence-electron chi connectivity index (χ0n) is 15.3. The van der Waals surface area contributed by atoms with Gasteiger partial charge in [-0.2, -0.15) is 0 Å². The fraction of sp³-hybridized carbons (Fsp3) is 0. The molecule has 0 aliphatic carbocycles. The molecule has 10 nitrogen and oxygen atoms in total. The molecule has 3 aromatic carbocycles. The number of carbonyl (C=O) groups is 2. The van der Waals surface area contributed by atoms with Gasteiger partial charge < -0.3 is 10.6 Å². The van der Waals surface area contributed by atoms with Crippen LogP contribution in [0.3, 0.4) is 0 Å². The fourth-order valence-electron chi connectivity index (χ4n) is 2.60. The number of nitrogens with zero attached hydrogens (tertiary/aromatic N) is 2. The molecule has 0 aliphatic rings. The predicted octanol–water partition coefficient (Wildman–Crippen LogP) is 4.01. The van der Waals surface area contributed by atoms with Crippen LogP contribution >= 0.6 is 0 Å². The summed E-state index contributed by atoms with van der Waals surface area (Å²) in [6, 6.07) is 17.5. The summed E-state index contributed by atoms with van der Waals surface area (Å²) >= 11 is 0. The van der Waals surface area contributed by atoms with Crippen molar-refractivity contribution >= 4 is 34.6 Å². The summed E-state index contributed by atoms with van der Waals surface area (Å²) in [4.78, 5) is 45.2. The molecule has 0 saturated carbocycles.